The molecule has 2 heterocycles. The third kappa shape index (κ3) is 3.17. The van der Waals surface area contributed by atoms with Gasteiger partial charge in [-0.05, 0) is 42.2 Å². The summed E-state index contributed by atoms with van der Waals surface area (Å²) in [7, 11) is 0. The van der Waals surface area contributed by atoms with Crippen molar-refractivity contribution in [3.63, 3.8) is 0 Å². The van der Waals surface area contributed by atoms with Crippen LogP contribution < -0.4 is 15.4 Å². The number of nitrogens with zero attached hydrogens (tertiary/aromatic N) is 3. The lowest BCUT2D eigenvalue weighted by atomic mass is 9.92. The number of carbonyl (C=O) groups excluding carboxylic acids is 1. The first-order valence-corrected chi connectivity index (χ1v) is 9.17. The smallest absolute Gasteiger partial charge is 0.267 e. The Morgan fingerprint density at radius 3 is 2.78 bits per heavy atom. The number of nitrogen functional groups attached to an aromatic ring is 1. The van der Waals surface area contributed by atoms with Gasteiger partial charge in [0.05, 0.1) is 11.9 Å². The molecule has 0 saturated carbocycles. The van der Waals surface area contributed by atoms with Crippen molar-refractivity contribution in [3.05, 3.63) is 59.4 Å². The number of halogens is 1. The van der Waals surface area contributed by atoms with E-state index in [0.29, 0.717) is 13.2 Å². The largest absolute Gasteiger partial charge is 0.475 e. The summed E-state index contributed by atoms with van der Waals surface area (Å²) in [6, 6.07) is 7.82. The van der Waals surface area contributed by atoms with Crippen LogP contribution in [0.25, 0.3) is 5.57 Å². The first kappa shape index (κ1) is 17.5. The van der Waals surface area contributed by atoms with E-state index >= 15 is 0 Å². The van der Waals surface area contributed by atoms with Crippen LogP contribution in [0.1, 0.15) is 29.3 Å². The number of hydrogen-bond acceptors (Lipinski definition) is 5. The zero-order valence-electron chi connectivity index (χ0n) is 14.9. The van der Waals surface area contributed by atoms with E-state index in [1.807, 2.05) is 24.3 Å². The summed E-state index contributed by atoms with van der Waals surface area (Å²) < 4.78 is 5.57. The number of aromatic nitrogens is 2. The number of carbonyl (C=O) groups is 1. The van der Waals surface area contributed by atoms with Gasteiger partial charge >= 0.3 is 0 Å². The Labute approximate surface area is 162 Å². The van der Waals surface area contributed by atoms with E-state index in [-0.39, 0.29) is 28.5 Å². The number of fused-ring (bicyclic) bond motifs is 1. The van der Waals surface area contributed by atoms with Crippen molar-refractivity contribution in [2.24, 2.45) is 0 Å². The van der Waals surface area contributed by atoms with Crippen LogP contribution in [0.4, 0.5) is 11.5 Å². The van der Waals surface area contributed by atoms with Crippen molar-refractivity contribution in [1.82, 2.24) is 9.97 Å². The van der Waals surface area contributed by atoms with Crippen LogP contribution >= 0.6 is 11.6 Å². The first-order chi connectivity index (χ1) is 13.1. The average molecular weight is 383 g/mol. The second kappa shape index (κ2) is 7.04. The molecule has 2 N–H and O–H groups in total. The number of hydrogen-bond donors (Lipinski definition) is 1. The standard InChI is InChI=1S/C20H19ClN4O2/c1-12-3-2-4-15(21)16(12)13-5-7-14(8-6-13)25-9-10-27-19-17(20(25)26)18(22)23-11-24-19/h2-3,5-8,11,15H,4,9-10H2,1H3,(H2,22,23,24). The van der Waals surface area contributed by atoms with E-state index in [1.54, 1.807) is 4.90 Å². The molecule has 0 spiro atoms. The molecular formula is C20H19ClN4O2. The first-order valence-electron chi connectivity index (χ1n) is 8.73. The number of anilines is 2. The number of ether oxygens (including phenoxy) is 1. The summed E-state index contributed by atoms with van der Waals surface area (Å²) in [5.74, 6) is 0.0826. The molecule has 1 unspecified atom stereocenters. The van der Waals surface area contributed by atoms with Gasteiger partial charge in [0.2, 0.25) is 5.88 Å². The highest BCUT2D eigenvalue weighted by Crippen LogP contribution is 2.34. The van der Waals surface area contributed by atoms with Crippen LogP contribution in [0, 0.1) is 0 Å². The predicted molar refractivity (Wildman–Crippen MR) is 106 cm³/mol. The quantitative estimate of drug-likeness (QED) is 0.804. The van der Waals surface area contributed by atoms with Crippen molar-refractivity contribution in [2.75, 3.05) is 23.8 Å². The molecule has 138 valence electrons. The van der Waals surface area contributed by atoms with E-state index in [0.717, 1.165) is 28.8 Å². The zero-order chi connectivity index (χ0) is 19.0. The molecule has 0 saturated heterocycles. The van der Waals surface area contributed by atoms with Crippen LogP contribution in [0.15, 0.2) is 48.3 Å². The molecule has 27 heavy (non-hydrogen) atoms. The van der Waals surface area contributed by atoms with Crippen molar-refractivity contribution in [1.29, 1.82) is 0 Å². The van der Waals surface area contributed by atoms with Crippen LogP contribution in [-0.2, 0) is 0 Å². The van der Waals surface area contributed by atoms with Gasteiger partial charge in [0, 0.05) is 5.69 Å². The Kier molecular flexibility index (Phi) is 4.58. The minimum Gasteiger partial charge on any atom is -0.475 e. The lowest BCUT2D eigenvalue weighted by Gasteiger charge is -2.22. The number of nitrogens with two attached hydrogens (primary N) is 1. The molecule has 1 aromatic carbocycles. The summed E-state index contributed by atoms with van der Waals surface area (Å²) in [5.41, 5.74) is 10.2. The monoisotopic (exact) mass is 382 g/mol. The third-order valence-corrected chi connectivity index (χ3v) is 5.19. The van der Waals surface area contributed by atoms with E-state index in [4.69, 9.17) is 22.1 Å². The van der Waals surface area contributed by atoms with E-state index in [1.165, 1.54) is 6.33 Å². The molecule has 1 amide bonds. The van der Waals surface area contributed by atoms with Gasteiger partial charge in [-0.2, -0.15) is 0 Å². The maximum atomic E-state index is 13.0. The van der Waals surface area contributed by atoms with E-state index in [2.05, 4.69) is 29.0 Å². The van der Waals surface area contributed by atoms with Crippen LogP contribution in [0.3, 0.4) is 0 Å². The summed E-state index contributed by atoms with van der Waals surface area (Å²) in [6.07, 6.45) is 6.29. The van der Waals surface area contributed by atoms with Crippen molar-refractivity contribution >= 4 is 34.6 Å². The number of alkyl halides is 1. The zero-order valence-corrected chi connectivity index (χ0v) is 15.6. The second-order valence-corrected chi connectivity index (χ2v) is 7.02. The molecular weight excluding hydrogens is 364 g/mol. The van der Waals surface area contributed by atoms with Gasteiger partial charge in [-0.15, -0.1) is 11.6 Å². The Hall–Kier alpha value is -2.86. The van der Waals surface area contributed by atoms with Crippen molar-refractivity contribution in [3.8, 4) is 5.88 Å². The summed E-state index contributed by atoms with van der Waals surface area (Å²) in [4.78, 5) is 22.6. The summed E-state index contributed by atoms with van der Waals surface area (Å²) in [6.45, 7) is 2.79. The second-order valence-electron chi connectivity index (χ2n) is 6.49. The van der Waals surface area contributed by atoms with Crippen LogP contribution in [0.2, 0.25) is 0 Å². The van der Waals surface area contributed by atoms with Gasteiger partial charge in [0.1, 0.15) is 24.3 Å². The predicted octanol–water partition coefficient (Wildman–Crippen LogP) is 3.44. The molecule has 2 aromatic rings. The highest BCUT2D eigenvalue weighted by Gasteiger charge is 2.28. The minimum absolute atomic E-state index is 0.0436. The van der Waals surface area contributed by atoms with Gasteiger partial charge < -0.3 is 15.4 Å². The molecule has 1 aliphatic carbocycles. The molecule has 2 aliphatic rings. The lowest BCUT2D eigenvalue weighted by Crippen LogP contribution is -2.32. The molecule has 4 rings (SSSR count). The third-order valence-electron chi connectivity index (χ3n) is 4.79. The number of rotatable bonds is 2. The topological polar surface area (TPSA) is 81.3 Å². The molecule has 0 fully saturated rings. The fourth-order valence-corrected chi connectivity index (χ4v) is 3.86. The molecule has 1 aromatic heterocycles. The fraction of sp³-hybridized carbons (Fsp3) is 0.250. The molecule has 0 bridgehead atoms. The highest BCUT2D eigenvalue weighted by atomic mass is 35.5. The van der Waals surface area contributed by atoms with Crippen LogP contribution in [-0.4, -0.2) is 34.4 Å². The SMILES string of the molecule is CC1=C(c2ccc(N3CCOc4ncnc(N)c4C3=O)cc2)C(Cl)CC=C1. The Morgan fingerprint density at radius 1 is 1.26 bits per heavy atom. The van der Waals surface area contributed by atoms with Gasteiger partial charge in [-0.1, -0.05) is 24.3 Å². The van der Waals surface area contributed by atoms with Crippen LogP contribution in [0.5, 0.6) is 5.88 Å². The Morgan fingerprint density at radius 2 is 2.04 bits per heavy atom. The van der Waals surface area contributed by atoms with E-state index in [9.17, 15) is 4.79 Å². The average Bonchev–Trinajstić information content (AvgIpc) is 2.82. The molecule has 0 radical (unpaired) electrons. The van der Waals surface area contributed by atoms with Gasteiger partial charge in [0.15, 0.2) is 0 Å². The Balaban J connectivity index is 1.67. The van der Waals surface area contributed by atoms with Crippen molar-refractivity contribution < 1.29 is 9.53 Å². The maximum Gasteiger partial charge on any atom is 0.267 e. The summed E-state index contributed by atoms with van der Waals surface area (Å²) >= 11 is 6.50. The minimum atomic E-state index is -0.264. The lowest BCUT2D eigenvalue weighted by molar-refractivity contribution is 0.0990. The van der Waals surface area contributed by atoms with Gasteiger partial charge in [-0.3, -0.25) is 4.79 Å². The molecule has 1 aliphatic heterocycles. The normalized spacial score (nSPS) is 19.6. The van der Waals surface area contributed by atoms with Gasteiger partial charge in [0.25, 0.3) is 5.91 Å². The van der Waals surface area contributed by atoms with E-state index < -0.39 is 0 Å². The summed E-state index contributed by atoms with van der Waals surface area (Å²) in [5, 5.41) is -0.0436. The number of allylic oxidation sites excluding steroid dienone is 4. The fourth-order valence-electron chi connectivity index (χ4n) is 3.46. The number of benzene rings is 1. The molecule has 6 nitrogen and oxygen atoms in total. The Bertz CT molecular complexity index is 953. The number of amides is 1. The molecule has 7 heteroatoms. The highest BCUT2D eigenvalue weighted by molar-refractivity contribution is 6.27. The maximum absolute atomic E-state index is 13.0. The van der Waals surface area contributed by atoms with Gasteiger partial charge in [-0.25, -0.2) is 9.97 Å². The molecule has 1 atom stereocenters. The van der Waals surface area contributed by atoms with Crippen molar-refractivity contribution in [2.45, 2.75) is 18.7 Å².